The first kappa shape index (κ1) is 11.5. The van der Waals surface area contributed by atoms with Crippen LogP contribution < -0.4 is 0 Å². The third-order valence-electron chi connectivity index (χ3n) is 4.01. The van der Waals surface area contributed by atoms with Gasteiger partial charge in [0.15, 0.2) is 0 Å². The second-order valence-corrected chi connectivity index (χ2v) is 5.14. The summed E-state index contributed by atoms with van der Waals surface area (Å²) in [5, 5.41) is 10.8. The first-order chi connectivity index (χ1) is 8.69. The Kier molecular flexibility index (Phi) is 2.71. The van der Waals surface area contributed by atoms with E-state index in [1.807, 2.05) is 36.1 Å². The summed E-state index contributed by atoms with van der Waals surface area (Å²) < 4.78 is 2.02. The Bertz CT molecular complexity index is 561. The predicted octanol–water partition coefficient (Wildman–Crippen LogP) is 2.19. The molecule has 0 amide bonds. The van der Waals surface area contributed by atoms with Crippen molar-refractivity contribution < 1.29 is 5.11 Å². The lowest BCUT2D eigenvalue weighted by Gasteiger charge is -2.23. The molecular weight excluding hydrogens is 224 g/mol. The molecule has 0 saturated heterocycles. The summed E-state index contributed by atoms with van der Waals surface area (Å²) in [6, 6.07) is 8.23. The molecule has 3 rings (SSSR count). The third-order valence-corrected chi connectivity index (χ3v) is 4.01. The molecule has 1 unspecified atom stereocenters. The van der Waals surface area contributed by atoms with Gasteiger partial charge >= 0.3 is 0 Å². The number of hydrogen-bond acceptors (Lipinski definition) is 2. The van der Waals surface area contributed by atoms with E-state index in [9.17, 15) is 5.11 Å². The zero-order chi connectivity index (χ0) is 12.6. The number of imidazole rings is 1. The Morgan fingerprint density at radius 2 is 2.22 bits per heavy atom. The summed E-state index contributed by atoms with van der Waals surface area (Å²) in [5.41, 5.74) is 1.74. The van der Waals surface area contributed by atoms with Crippen molar-refractivity contribution >= 4 is 0 Å². The molecule has 1 aromatic heterocycles. The number of benzene rings is 1. The minimum Gasteiger partial charge on any atom is -0.385 e. The highest BCUT2D eigenvalue weighted by molar-refractivity contribution is 5.37. The van der Waals surface area contributed by atoms with Crippen LogP contribution in [0.25, 0.3) is 0 Å². The Morgan fingerprint density at radius 3 is 3.00 bits per heavy atom. The predicted molar refractivity (Wildman–Crippen MR) is 70.2 cm³/mol. The second-order valence-electron chi connectivity index (χ2n) is 5.14. The van der Waals surface area contributed by atoms with Crippen LogP contribution in [0.2, 0.25) is 0 Å². The van der Waals surface area contributed by atoms with Gasteiger partial charge in [0.1, 0.15) is 5.82 Å². The van der Waals surface area contributed by atoms with Gasteiger partial charge in [-0.05, 0) is 30.4 Å². The maximum atomic E-state index is 10.8. The van der Waals surface area contributed by atoms with E-state index < -0.39 is 5.60 Å². The van der Waals surface area contributed by atoms with Crippen LogP contribution in [0.3, 0.4) is 0 Å². The maximum absolute atomic E-state index is 10.8. The SMILES string of the molecule is Cn1ccnc1CCC1(O)CCc2ccccc21. The highest BCUT2D eigenvalue weighted by Crippen LogP contribution is 2.39. The van der Waals surface area contributed by atoms with E-state index in [1.165, 1.54) is 5.56 Å². The molecule has 1 atom stereocenters. The normalized spacial score (nSPS) is 22.1. The van der Waals surface area contributed by atoms with Crippen LogP contribution in [-0.4, -0.2) is 14.7 Å². The van der Waals surface area contributed by atoms with Gasteiger partial charge in [-0.3, -0.25) is 0 Å². The molecule has 94 valence electrons. The van der Waals surface area contributed by atoms with Crippen molar-refractivity contribution in [2.24, 2.45) is 7.05 Å². The fraction of sp³-hybridized carbons (Fsp3) is 0.400. The van der Waals surface area contributed by atoms with Crippen LogP contribution in [0.1, 0.15) is 29.8 Å². The van der Waals surface area contributed by atoms with Crippen molar-refractivity contribution in [3.05, 3.63) is 53.6 Å². The van der Waals surface area contributed by atoms with Crippen LogP contribution in [0.4, 0.5) is 0 Å². The number of fused-ring (bicyclic) bond motifs is 1. The molecule has 0 aliphatic heterocycles. The number of nitrogens with zero attached hydrogens (tertiary/aromatic N) is 2. The molecule has 0 radical (unpaired) electrons. The molecule has 3 nitrogen and oxygen atoms in total. The Labute approximate surface area is 107 Å². The zero-order valence-electron chi connectivity index (χ0n) is 10.6. The van der Waals surface area contributed by atoms with E-state index in [4.69, 9.17) is 0 Å². The number of hydrogen-bond donors (Lipinski definition) is 1. The molecule has 0 fully saturated rings. The Morgan fingerprint density at radius 1 is 1.39 bits per heavy atom. The Hall–Kier alpha value is -1.61. The minimum absolute atomic E-state index is 0.664. The monoisotopic (exact) mass is 242 g/mol. The van der Waals surface area contributed by atoms with E-state index >= 15 is 0 Å². The zero-order valence-corrected chi connectivity index (χ0v) is 10.6. The van der Waals surface area contributed by atoms with E-state index in [2.05, 4.69) is 17.1 Å². The molecule has 0 bridgehead atoms. The smallest absolute Gasteiger partial charge is 0.108 e. The van der Waals surface area contributed by atoms with Crippen LogP contribution >= 0.6 is 0 Å². The van der Waals surface area contributed by atoms with Gasteiger partial charge in [0.05, 0.1) is 5.60 Å². The molecule has 1 aromatic carbocycles. The van der Waals surface area contributed by atoms with Gasteiger partial charge in [-0.2, -0.15) is 0 Å². The van der Waals surface area contributed by atoms with Gasteiger partial charge in [-0.1, -0.05) is 24.3 Å². The molecule has 3 heteroatoms. The van der Waals surface area contributed by atoms with Gasteiger partial charge in [-0.15, -0.1) is 0 Å². The van der Waals surface area contributed by atoms with Crippen LogP contribution in [-0.2, 0) is 25.5 Å². The largest absolute Gasteiger partial charge is 0.385 e. The van der Waals surface area contributed by atoms with E-state index in [1.54, 1.807) is 0 Å². The summed E-state index contributed by atoms with van der Waals surface area (Å²) in [5.74, 6) is 1.04. The minimum atomic E-state index is -0.664. The van der Waals surface area contributed by atoms with Crippen molar-refractivity contribution in [1.29, 1.82) is 0 Å². The molecule has 0 spiro atoms. The van der Waals surface area contributed by atoms with Gasteiger partial charge in [-0.25, -0.2) is 4.98 Å². The van der Waals surface area contributed by atoms with Gasteiger partial charge < -0.3 is 9.67 Å². The highest BCUT2D eigenvalue weighted by Gasteiger charge is 2.35. The average molecular weight is 242 g/mol. The molecule has 1 aliphatic rings. The summed E-state index contributed by atoms with van der Waals surface area (Å²) in [7, 11) is 2.00. The molecule has 18 heavy (non-hydrogen) atoms. The number of aromatic nitrogens is 2. The molecule has 2 aromatic rings. The van der Waals surface area contributed by atoms with E-state index in [0.29, 0.717) is 0 Å². The summed E-state index contributed by atoms with van der Waals surface area (Å²) >= 11 is 0. The molecule has 0 saturated carbocycles. The first-order valence-electron chi connectivity index (χ1n) is 6.46. The number of rotatable bonds is 3. The summed E-state index contributed by atoms with van der Waals surface area (Å²) in [6.45, 7) is 0. The highest BCUT2D eigenvalue weighted by atomic mass is 16.3. The third kappa shape index (κ3) is 1.85. The quantitative estimate of drug-likeness (QED) is 0.896. The maximum Gasteiger partial charge on any atom is 0.108 e. The standard InChI is InChI=1S/C15H18N2O/c1-17-11-10-16-14(17)7-9-15(18)8-6-12-4-2-3-5-13(12)15/h2-5,10-11,18H,6-9H2,1H3. The van der Waals surface area contributed by atoms with Gasteiger partial charge in [0, 0.05) is 25.9 Å². The lowest BCUT2D eigenvalue weighted by Crippen LogP contribution is -2.23. The lowest BCUT2D eigenvalue weighted by atomic mass is 9.91. The van der Waals surface area contributed by atoms with Crippen molar-refractivity contribution in [2.45, 2.75) is 31.3 Å². The lowest BCUT2D eigenvalue weighted by molar-refractivity contribution is 0.0291. The fourth-order valence-electron chi connectivity index (χ4n) is 2.88. The number of aliphatic hydroxyl groups is 1. The number of aryl methyl sites for hydroxylation is 3. The Balaban J connectivity index is 1.79. The van der Waals surface area contributed by atoms with Crippen molar-refractivity contribution in [3.63, 3.8) is 0 Å². The van der Waals surface area contributed by atoms with Crippen LogP contribution in [0.15, 0.2) is 36.7 Å². The summed E-state index contributed by atoms with van der Waals surface area (Å²) in [4.78, 5) is 4.32. The summed E-state index contributed by atoms with van der Waals surface area (Å²) in [6.07, 6.45) is 7.12. The van der Waals surface area contributed by atoms with Gasteiger partial charge in [0.2, 0.25) is 0 Å². The van der Waals surface area contributed by atoms with Crippen molar-refractivity contribution in [3.8, 4) is 0 Å². The topological polar surface area (TPSA) is 38.0 Å². The van der Waals surface area contributed by atoms with Crippen LogP contribution in [0, 0.1) is 0 Å². The molecule has 1 N–H and O–H groups in total. The van der Waals surface area contributed by atoms with Crippen LogP contribution in [0.5, 0.6) is 0 Å². The fourth-order valence-corrected chi connectivity index (χ4v) is 2.88. The van der Waals surface area contributed by atoms with E-state index in [0.717, 1.165) is 37.1 Å². The van der Waals surface area contributed by atoms with Crippen molar-refractivity contribution in [1.82, 2.24) is 9.55 Å². The average Bonchev–Trinajstić information content (AvgIpc) is 2.93. The molecular formula is C15H18N2O. The second kappa shape index (κ2) is 4.25. The van der Waals surface area contributed by atoms with Crippen molar-refractivity contribution in [2.75, 3.05) is 0 Å². The molecule has 1 heterocycles. The van der Waals surface area contributed by atoms with E-state index in [-0.39, 0.29) is 0 Å². The first-order valence-corrected chi connectivity index (χ1v) is 6.46. The van der Waals surface area contributed by atoms with Gasteiger partial charge in [0.25, 0.3) is 0 Å². The molecule has 1 aliphatic carbocycles.